The smallest absolute Gasteiger partial charge is 0.224 e. The van der Waals surface area contributed by atoms with Crippen molar-refractivity contribution in [3.05, 3.63) is 41.7 Å². The minimum absolute atomic E-state index is 0.0177. The van der Waals surface area contributed by atoms with Gasteiger partial charge >= 0.3 is 0 Å². The van der Waals surface area contributed by atoms with E-state index in [0.29, 0.717) is 44.9 Å². The molecule has 1 atom stereocenters. The Morgan fingerprint density at radius 1 is 1.36 bits per heavy atom. The number of morpholine rings is 1. The molecule has 25 heavy (non-hydrogen) atoms. The maximum atomic E-state index is 12.6. The van der Waals surface area contributed by atoms with Crippen molar-refractivity contribution >= 4 is 5.91 Å². The molecule has 1 N–H and O–H groups in total. The van der Waals surface area contributed by atoms with Crippen LogP contribution in [0.2, 0.25) is 0 Å². The lowest BCUT2D eigenvalue weighted by atomic mass is 9.93. The van der Waals surface area contributed by atoms with Crippen molar-refractivity contribution in [2.24, 2.45) is 0 Å². The quantitative estimate of drug-likeness (QED) is 0.804. The molecule has 1 aliphatic rings. The number of aromatic nitrogens is 4. The second-order valence-electron chi connectivity index (χ2n) is 6.37. The Bertz CT molecular complexity index is 705. The number of nitrogens with zero attached hydrogens (tertiary/aromatic N) is 5. The van der Waals surface area contributed by atoms with Crippen LogP contribution in [0, 0.1) is 6.92 Å². The summed E-state index contributed by atoms with van der Waals surface area (Å²) in [6.45, 7) is 3.45. The maximum Gasteiger partial charge on any atom is 0.224 e. The van der Waals surface area contributed by atoms with Gasteiger partial charge in [0.2, 0.25) is 5.91 Å². The van der Waals surface area contributed by atoms with E-state index in [1.807, 2.05) is 30.3 Å². The largest absolute Gasteiger partial charge is 0.393 e. The fraction of sp³-hybridized carbons (Fsp3) is 0.529. The summed E-state index contributed by atoms with van der Waals surface area (Å²) in [4.78, 5) is 14.3. The molecular formula is C17H23N5O3. The van der Waals surface area contributed by atoms with Gasteiger partial charge in [0.15, 0.2) is 0 Å². The van der Waals surface area contributed by atoms with Gasteiger partial charge in [0.1, 0.15) is 11.4 Å². The molecule has 0 radical (unpaired) electrons. The molecule has 0 saturated carbocycles. The highest BCUT2D eigenvalue weighted by atomic mass is 16.5. The van der Waals surface area contributed by atoms with Crippen LogP contribution in [-0.2, 0) is 22.5 Å². The molecule has 134 valence electrons. The van der Waals surface area contributed by atoms with Crippen LogP contribution in [0.15, 0.2) is 30.3 Å². The van der Waals surface area contributed by atoms with Crippen LogP contribution in [0.4, 0.5) is 0 Å². The summed E-state index contributed by atoms with van der Waals surface area (Å²) in [5.74, 6) is 0.702. The molecular weight excluding hydrogens is 322 g/mol. The van der Waals surface area contributed by atoms with Crippen molar-refractivity contribution in [1.29, 1.82) is 0 Å². The van der Waals surface area contributed by atoms with Crippen molar-refractivity contribution in [2.45, 2.75) is 31.9 Å². The van der Waals surface area contributed by atoms with Crippen molar-refractivity contribution < 1.29 is 14.6 Å². The van der Waals surface area contributed by atoms with Gasteiger partial charge < -0.3 is 14.7 Å². The van der Waals surface area contributed by atoms with Gasteiger partial charge in [-0.15, -0.1) is 5.10 Å². The van der Waals surface area contributed by atoms with E-state index in [4.69, 9.17) is 4.74 Å². The Morgan fingerprint density at radius 3 is 2.84 bits per heavy atom. The van der Waals surface area contributed by atoms with Crippen LogP contribution in [0.1, 0.15) is 17.8 Å². The van der Waals surface area contributed by atoms with Gasteiger partial charge in [-0.2, -0.15) is 0 Å². The van der Waals surface area contributed by atoms with Crippen LogP contribution >= 0.6 is 0 Å². The molecule has 1 amide bonds. The van der Waals surface area contributed by atoms with Crippen molar-refractivity contribution in [3.8, 4) is 0 Å². The Labute approximate surface area is 146 Å². The minimum Gasteiger partial charge on any atom is -0.393 e. The summed E-state index contributed by atoms with van der Waals surface area (Å²) in [6, 6.07) is 9.87. The lowest BCUT2D eigenvalue weighted by molar-refractivity contribution is -0.158. The topological polar surface area (TPSA) is 93.4 Å². The van der Waals surface area contributed by atoms with Crippen LogP contribution < -0.4 is 0 Å². The van der Waals surface area contributed by atoms with E-state index in [1.54, 1.807) is 16.5 Å². The highest BCUT2D eigenvalue weighted by Gasteiger charge is 2.38. The third kappa shape index (κ3) is 4.21. The number of hydrogen-bond donors (Lipinski definition) is 1. The van der Waals surface area contributed by atoms with E-state index in [-0.39, 0.29) is 12.5 Å². The molecule has 1 aromatic heterocycles. The zero-order chi connectivity index (χ0) is 17.7. The predicted molar refractivity (Wildman–Crippen MR) is 89.7 cm³/mol. The van der Waals surface area contributed by atoms with Gasteiger partial charge in [0.05, 0.1) is 26.3 Å². The first kappa shape index (κ1) is 17.5. The molecule has 0 unspecified atom stereocenters. The second-order valence-corrected chi connectivity index (χ2v) is 6.37. The normalized spacial score (nSPS) is 20.6. The maximum absolute atomic E-state index is 12.6. The Balaban J connectivity index is 1.62. The van der Waals surface area contributed by atoms with Gasteiger partial charge in [-0.05, 0) is 22.9 Å². The van der Waals surface area contributed by atoms with Crippen molar-refractivity contribution in [2.75, 3.05) is 26.3 Å². The number of carbonyl (C=O) groups excluding carboxylic acids is 1. The van der Waals surface area contributed by atoms with Gasteiger partial charge in [-0.25, -0.2) is 4.68 Å². The molecule has 1 fully saturated rings. The van der Waals surface area contributed by atoms with Crippen LogP contribution in [0.25, 0.3) is 0 Å². The van der Waals surface area contributed by atoms with E-state index in [1.165, 1.54) is 0 Å². The fourth-order valence-corrected chi connectivity index (χ4v) is 3.10. The minimum atomic E-state index is -0.750. The number of amides is 1. The number of aliphatic hydroxyl groups excluding tert-OH is 1. The standard InChI is InChI=1S/C17H23N5O3/c1-14-18-19-20-22(14)8-7-16(24)21-9-10-25-17(12-21,13-23)11-15-5-3-2-4-6-15/h2-6,23H,7-13H2,1H3/t17-/m1/s1. The molecule has 8 nitrogen and oxygen atoms in total. The Kier molecular flexibility index (Phi) is 5.40. The summed E-state index contributed by atoms with van der Waals surface area (Å²) in [5.41, 5.74) is 0.329. The van der Waals surface area contributed by atoms with Crippen molar-refractivity contribution in [3.63, 3.8) is 0 Å². The molecule has 2 heterocycles. The number of tetrazole rings is 1. The lowest BCUT2D eigenvalue weighted by Gasteiger charge is -2.42. The van der Waals surface area contributed by atoms with E-state index in [9.17, 15) is 9.90 Å². The molecule has 1 aromatic carbocycles. The molecule has 1 saturated heterocycles. The summed E-state index contributed by atoms with van der Waals surface area (Å²) in [5, 5.41) is 21.2. The average Bonchev–Trinajstić information content (AvgIpc) is 3.05. The summed E-state index contributed by atoms with van der Waals surface area (Å²) < 4.78 is 7.50. The van der Waals surface area contributed by atoms with E-state index >= 15 is 0 Å². The first-order valence-corrected chi connectivity index (χ1v) is 8.41. The number of rotatable bonds is 6. The zero-order valence-electron chi connectivity index (χ0n) is 14.3. The van der Waals surface area contributed by atoms with Gasteiger partial charge in [-0.3, -0.25) is 4.79 Å². The van der Waals surface area contributed by atoms with Crippen LogP contribution in [0.5, 0.6) is 0 Å². The lowest BCUT2D eigenvalue weighted by Crippen LogP contribution is -2.56. The van der Waals surface area contributed by atoms with Gasteiger partial charge in [-0.1, -0.05) is 30.3 Å². The molecule has 1 aliphatic heterocycles. The average molecular weight is 345 g/mol. The third-order valence-electron chi connectivity index (χ3n) is 4.51. The number of carbonyl (C=O) groups is 1. The number of benzene rings is 1. The zero-order valence-corrected chi connectivity index (χ0v) is 14.3. The molecule has 2 aromatic rings. The number of aryl methyl sites for hydroxylation is 2. The van der Waals surface area contributed by atoms with Crippen LogP contribution in [-0.4, -0.2) is 68.0 Å². The summed E-state index contributed by atoms with van der Waals surface area (Å²) in [7, 11) is 0. The Hall–Kier alpha value is -2.32. The van der Waals surface area contributed by atoms with Gasteiger partial charge in [0.25, 0.3) is 0 Å². The number of ether oxygens (including phenoxy) is 1. The molecule has 0 bridgehead atoms. The highest BCUT2D eigenvalue weighted by molar-refractivity contribution is 5.76. The fourth-order valence-electron chi connectivity index (χ4n) is 3.10. The van der Waals surface area contributed by atoms with E-state index in [0.717, 1.165) is 5.56 Å². The van der Waals surface area contributed by atoms with E-state index < -0.39 is 5.60 Å². The summed E-state index contributed by atoms with van der Waals surface area (Å²) in [6.07, 6.45) is 0.888. The van der Waals surface area contributed by atoms with Crippen LogP contribution in [0.3, 0.4) is 0 Å². The molecule has 0 spiro atoms. The molecule has 3 rings (SSSR count). The highest BCUT2D eigenvalue weighted by Crippen LogP contribution is 2.23. The summed E-state index contributed by atoms with van der Waals surface area (Å²) >= 11 is 0. The molecule has 0 aliphatic carbocycles. The number of hydrogen-bond acceptors (Lipinski definition) is 6. The first-order valence-electron chi connectivity index (χ1n) is 8.41. The monoisotopic (exact) mass is 345 g/mol. The predicted octanol–water partition coefficient (Wildman–Crippen LogP) is 0.204. The van der Waals surface area contributed by atoms with Gasteiger partial charge in [0, 0.05) is 19.4 Å². The molecule has 8 heteroatoms. The second kappa shape index (κ2) is 7.71. The SMILES string of the molecule is Cc1nnnn1CCC(=O)N1CCO[C@](CO)(Cc2ccccc2)C1. The van der Waals surface area contributed by atoms with Crippen molar-refractivity contribution in [1.82, 2.24) is 25.1 Å². The van der Waals surface area contributed by atoms with E-state index in [2.05, 4.69) is 15.5 Å². The third-order valence-corrected chi connectivity index (χ3v) is 4.51. The Morgan fingerprint density at radius 2 is 2.16 bits per heavy atom. The number of aliphatic hydroxyl groups is 1. The first-order chi connectivity index (χ1) is 12.1.